The van der Waals surface area contributed by atoms with Gasteiger partial charge in [0.2, 0.25) is 9.84 Å². The van der Waals surface area contributed by atoms with E-state index in [9.17, 15) is 18.3 Å². The van der Waals surface area contributed by atoms with Crippen molar-refractivity contribution in [2.75, 3.05) is 13.1 Å². The van der Waals surface area contributed by atoms with E-state index in [1.807, 2.05) is 103 Å². The van der Waals surface area contributed by atoms with Gasteiger partial charge >= 0.3 is 0 Å². The molecule has 9 heteroatoms. The van der Waals surface area contributed by atoms with Crippen LogP contribution in [-0.2, 0) is 36.0 Å². The molecular formula is C44H42N2O6S. The van der Waals surface area contributed by atoms with E-state index in [0.29, 0.717) is 38.4 Å². The molecule has 0 aliphatic carbocycles. The van der Waals surface area contributed by atoms with E-state index in [1.165, 1.54) is 18.2 Å². The number of aliphatic hydroxyl groups is 1. The third-order valence-corrected chi connectivity index (χ3v) is 10.7. The minimum atomic E-state index is -3.95. The van der Waals surface area contributed by atoms with Crippen molar-refractivity contribution < 1.29 is 27.8 Å². The van der Waals surface area contributed by atoms with E-state index < -0.39 is 21.8 Å². The molecule has 6 rings (SSSR count). The van der Waals surface area contributed by atoms with Gasteiger partial charge in [-0.15, -0.1) is 0 Å². The maximum Gasteiger partial charge on any atom is 0.252 e. The molecule has 0 unspecified atom stereocenters. The van der Waals surface area contributed by atoms with E-state index in [1.54, 1.807) is 24.3 Å². The molecule has 6 aromatic rings. The fourth-order valence-electron chi connectivity index (χ4n) is 5.97. The molecule has 0 aromatic heterocycles. The van der Waals surface area contributed by atoms with Crippen LogP contribution in [0.2, 0.25) is 0 Å². The van der Waals surface area contributed by atoms with E-state index in [2.05, 4.69) is 17.0 Å². The molecule has 0 spiro atoms. The Balaban J connectivity index is 1.12. The van der Waals surface area contributed by atoms with Crippen molar-refractivity contribution in [1.29, 1.82) is 0 Å². The Morgan fingerprint density at radius 3 is 1.85 bits per heavy atom. The van der Waals surface area contributed by atoms with Crippen LogP contribution >= 0.6 is 0 Å². The standard InChI is InChI=1S/C44H42N2O6S/c45-44(48)41-28-40(23-24-43(41)52-32-36-15-8-3-9-16-36)53(49,50)39-21-19-33(20-22-39)25-26-46(29-34-11-4-1-5-12-34)30-42(47)37-17-10-18-38(27-37)51-31-35-13-6-2-7-14-35/h1-24,27-28,42,47H,25-26,29-32H2,(H2,45,48)/t42-/m1/s1. The predicted molar refractivity (Wildman–Crippen MR) is 205 cm³/mol. The van der Waals surface area contributed by atoms with Crippen molar-refractivity contribution in [2.24, 2.45) is 5.73 Å². The lowest BCUT2D eigenvalue weighted by molar-refractivity contribution is 0.0995. The topological polar surface area (TPSA) is 119 Å². The smallest absolute Gasteiger partial charge is 0.252 e. The van der Waals surface area contributed by atoms with Crippen LogP contribution in [0.4, 0.5) is 0 Å². The van der Waals surface area contributed by atoms with Gasteiger partial charge in [0.05, 0.1) is 21.5 Å². The van der Waals surface area contributed by atoms with Gasteiger partial charge in [-0.1, -0.05) is 115 Å². The lowest BCUT2D eigenvalue weighted by atomic mass is 10.1. The Bertz CT molecular complexity index is 2200. The fourth-order valence-corrected chi connectivity index (χ4v) is 7.25. The predicted octanol–water partition coefficient (Wildman–Crippen LogP) is 7.55. The number of ether oxygens (including phenoxy) is 2. The van der Waals surface area contributed by atoms with E-state index in [4.69, 9.17) is 15.2 Å². The fraction of sp³-hybridized carbons (Fsp3) is 0.159. The first kappa shape index (κ1) is 37.0. The number of rotatable bonds is 17. The van der Waals surface area contributed by atoms with Gasteiger partial charge in [-0.3, -0.25) is 9.69 Å². The highest BCUT2D eigenvalue weighted by atomic mass is 32.2. The van der Waals surface area contributed by atoms with Crippen LogP contribution in [0, 0.1) is 0 Å². The van der Waals surface area contributed by atoms with Crippen molar-refractivity contribution in [3.8, 4) is 11.5 Å². The number of benzene rings is 6. The first-order valence-electron chi connectivity index (χ1n) is 17.4. The van der Waals surface area contributed by atoms with E-state index in [-0.39, 0.29) is 27.7 Å². The molecule has 0 saturated carbocycles. The summed E-state index contributed by atoms with van der Waals surface area (Å²) >= 11 is 0. The average molecular weight is 727 g/mol. The molecular weight excluding hydrogens is 685 g/mol. The van der Waals surface area contributed by atoms with Crippen molar-refractivity contribution in [3.05, 3.63) is 191 Å². The Labute approximate surface area is 311 Å². The van der Waals surface area contributed by atoms with Crippen LogP contribution in [0.15, 0.2) is 168 Å². The summed E-state index contributed by atoms with van der Waals surface area (Å²) in [5.74, 6) is 0.118. The van der Waals surface area contributed by atoms with E-state index in [0.717, 1.165) is 27.8 Å². The number of nitrogens with two attached hydrogens (primary N) is 1. The number of hydrogen-bond acceptors (Lipinski definition) is 7. The van der Waals surface area contributed by atoms with Gasteiger partial charge in [-0.25, -0.2) is 8.42 Å². The SMILES string of the molecule is NC(=O)c1cc(S(=O)(=O)c2ccc(CCN(Cc3ccccc3)C[C@@H](O)c3cccc(OCc4ccccc4)c3)cc2)ccc1OCc1ccccc1. The van der Waals surface area contributed by atoms with Crippen molar-refractivity contribution in [1.82, 2.24) is 4.90 Å². The van der Waals surface area contributed by atoms with Crippen LogP contribution < -0.4 is 15.2 Å². The zero-order valence-corrected chi connectivity index (χ0v) is 30.1. The number of sulfone groups is 1. The molecule has 0 aliphatic heterocycles. The summed E-state index contributed by atoms with van der Waals surface area (Å²) in [5, 5.41) is 11.4. The molecule has 0 fully saturated rings. The van der Waals surface area contributed by atoms with Gasteiger partial charge in [0, 0.05) is 19.6 Å². The zero-order chi connectivity index (χ0) is 37.0. The molecule has 0 bridgehead atoms. The maximum atomic E-state index is 13.6. The molecule has 8 nitrogen and oxygen atoms in total. The molecule has 1 amide bonds. The number of amides is 1. The van der Waals surface area contributed by atoms with Gasteiger partial charge in [0.1, 0.15) is 24.7 Å². The van der Waals surface area contributed by atoms with Gasteiger partial charge in [-0.05, 0) is 76.7 Å². The monoisotopic (exact) mass is 726 g/mol. The first-order chi connectivity index (χ1) is 25.7. The molecule has 53 heavy (non-hydrogen) atoms. The second-order valence-electron chi connectivity index (χ2n) is 12.8. The molecule has 0 heterocycles. The zero-order valence-electron chi connectivity index (χ0n) is 29.3. The summed E-state index contributed by atoms with van der Waals surface area (Å²) in [6, 6.07) is 47.9. The number of carbonyl (C=O) groups is 1. The number of nitrogens with zero attached hydrogens (tertiary/aromatic N) is 1. The normalized spacial score (nSPS) is 12.0. The molecule has 0 aliphatic rings. The summed E-state index contributed by atoms with van der Waals surface area (Å²) in [6.45, 7) is 2.27. The third-order valence-electron chi connectivity index (χ3n) is 8.89. The largest absolute Gasteiger partial charge is 0.489 e. The highest BCUT2D eigenvalue weighted by Gasteiger charge is 2.22. The Morgan fingerprint density at radius 2 is 1.23 bits per heavy atom. The minimum absolute atomic E-state index is 0.00856. The summed E-state index contributed by atoms with van der Waals surface area (Å²) < 4.78 is 39.1. The van der Waals surface area contributed by atoms with Crippen LogP contribution in [0.1, 0.15) is 44.3 Å². The molecule has 270 valence electrons. The van der Waals surface area contributed by atoms with Crippen LogP contribution in [0.3, 0.4) is 0 Å². The maximum absolute atomic E-state index is 13.6. The lowest BCUT2D eigenvalue weighted by Crippen LogP contribution is -2.30. The Hall–Kier alpha value is -5.74. The molecule has 3 N–H and O–H groups in total. The minimum Gasteiger partial charge on any atom is -0.489 e. The molecule has 0 saturated heterocycles. The third kappa shape index (κ3) is 10.2. The lowest BCUT2D eigenvalue weighted by Gasteiger charge is -2.26. The van der Waals surface area contributed by atoms with Crippen molar-refractivity contribution in [3.63, 3.8) is 0 Å². The summed E-state index contributed by atoms with van der Waals surface area (Å²) in [5.41, 5.74) is 10.4. The highest BCUT2D eigenvalue weighted by Crippen LogP contribution is 2.28. The van der Waals surface area contributed by atoms with Gasteiger partial charge < -0.3 is 20.3 Å². The highest BCUT2D eigenvalue weighted by molar-refractivity contribution is 7.91. The summed E-state index contributed by atoms with van der Waals surface area (Å²) in [4.78, 5) is 14.5. The van der Waals surface area contributed by atoms with Crippen molar-refractivity contribution >= 4 is 15.7 Å². The van der Waals surface area contributed by atoms with Gasteiger partial charge in [0.15, 0.2) is 0 Å². The first-order valence-corrected chi connectivity index (χ1v) is 18.9. The molecule has 0 radical (unpaired) electrons. The number of aliphatic hydroxyl groups excluding tert-OH is 1. The number of primary amides is 1. The number of carbonyl (C=O) groups excluding carboxylic acids is 1. The Kier molecular flexibility index (Phi) is 12.3. The van der Waals surface area contributed by atoms with E-state index >= 15 is 0 Å². The van der Waals surface area contributed by atoms with Crippen LogP contribution in [-0.4, -0.2) is 37.4 Å². The van der Waals surface area contributed by atoms with Crippen molar-refractivity contribution in [2.45, 2.75) is 42.1 Å². The summed E-state index contributed by atoms with van der Waals surface area (Å²) in [7, 11) is -3.95. The molecule has 1 atom stereocenters. The molecule has 6 aromatic carbocycles. The number of hydrogen-bond donors (Lipinski definition) is 2. The van der Waals surface area contributed by atoms with Gasteiger partial charge in [-0.2, -0.15) is 0 Å². The average Bonchev–Trinajstić information content (AvgIpc) is 3.19. The summed E-state index contributed by atoms with van der Waals surface area (Å²) in [6.07, 6.45) is -0.133. The Morgan fingerprint density at radius 1 is 0.642 bits per heavy atom. The second-order valence-corrected chi connectivity index (χ2v) is 14.7. The quantitative estimate of drug-likeness (QED) is 0.0997. The van der Waals surface area contributed by atoms with Crippen LogP contribution in [0.5, 0.6) is 11.5 Å². The second kappa shape index (κ2) is 17.7. The van der Waals surface area contributed by atoms with Crippen LogP contribution in [0.25, 0.3) is 0 Å². The van der Waals surface area contributed by atoms with Gasteiger partial charge in [0.25, 0.3) is 5.91 Å².